The zero-order chi connectivity index (χ0) is 10.7. The van der Waals surface area contributed by atoms with Gasteiger partial charge in [-0.3, -0.25) is 0 Å². The van der Waals surface area contributed by atoms with Crippen LogP contribution in [0.1, 0.15) is 5.56 Å². The Hall–Kier alpha value is -1.74. The maximum Gasteiger partial charge on any atom is 0.290 e. The van der Waals surface area contributed by atoms with E-state index < -0.39 is 0 Å². The highest BCUT2D eigenvalue weighted by Crippen LogP contribution is 2.30. The van der Waals surface area contributed by atoms with E-state index in [2.05, 4.69) is 0 Å². The Morgan fingerprint density at radius 2 is 2.00 bits per heavy atom. The lowest BCUT2D eigenvalue weighted by atomic mass is 10.1. The van der Waals surface area contributed by atoms with Crippen molar-refractivity contribution in [2.75, 3.05) is 7.11 Å². The van der Waals surface area contributed by atoms with Crippen molar-refractivity contribution in [3.05, 3.63) is 42.0 Å². The molecule has 0 bridgehead atoms. The number of aliphatic hydroxyl groups excluding tert-OH is 1. The van der Waals surface area contributed by atoms with Gasteiger partial charge in [-0.1, -0.05) is 30.3 Å². The van der Waals surface area contributed by atoms with Crippen LogP contribution in [0.2, 0.25) is 0 Å². The van der Waals surface area contributed by atoms with Crippen molar-refractivity contribution in [2.45, 2.75) is 6.61 Å². The van der Waals surface area contributed by atoms with Gasteiger partial charge in [0.05, 0.1) is 19.3 Å². The number of benzene rings is 1. The molecule has 0 saturated heterocycles. The fourth-order valence-corrected chi connectivity index (χ4v) is 1.44. The molecule has 1 N–H and O–H groups in total. The van der Waals surface area contributed by atoms with Crippen LogP contribution in [-0.2, 0) is 6.61 Å². The normalized spacial score (nSPS) is 10.3. The summed E-state index contributed by atoms with van der Waals surface area (Å²) in [7, 11) is 1.52. The van der Waals surface area contributed by atoms with Gasteiger partial charge in [0.1, 0.15) is 5.76 Å². The fourth-order valence-electron chi connectivity index (χ4n) is 1.44. The Morgan fingerprint density at radius 1 is 1.27 bits per heavy atom. The van der Waals surface area contributed by atoms with Gasteiger partial charge in [-0.2, -0.15) is 0 Å². The molecule has 0 atom stereocenters. The molecule has 0 amide bonds. The average molecular weight is 204 g/mol. The SMILES string of the molecule is COc1oc(-c2ccccc2)cc1CO. The van der Waals surface area contributed by atoms with Gasteiger partial charge in [0.2, 0.25) is 0 Å². The summed E-state index contributed by atoms with van der Waals surface area (Å²) in [6.45, 7) is -0.0838. The van der Waals surface area contributed by atoms with Crippen LogP contribution in [0, 0.1) is 0 Å². The molecule has 78 valence electrons. The standard InChI is InChI=1S/C12H12O3/c1-14-12-10(8-13)7-11(15-12)9-5-3-2-4-6-9/h2-7,13H,8H2,1H3. The van der Waals surface area contributed by atoms with E-state index in [0.29, 0.717) is 17.3 Å². The Labute approximate surface area is 87.9 Å². The summed E-state index contributed by atoms with van der Waals surface area (Å²) in [4.78, 5) is 0. The second-order valence-corrected chi connectivity index (χ2v) is 3.15. The lowest BCUT2D eigenvalue weighted by molar-refractivity contribution is 0.256. The van der Waals surface area contributed by atoms with E-state index in [9.17, 15) is 0 Å². The molecule has 3 nitrogen and oxygen atoms in total. The first-order valence-electron chi connectivity index (χ1n) is 4.68. The van der Waals surface area contributed by atoms with Crippen LogP contribution < -0.4 is 4.74 Å². The van der Waals surface area contributed by atoms with Gasteiger partial charge in [-0.05, 0) is 6.07 Å². The predicted molar refractivity (Wildman–Crippen MR) is 56.6 cm³/mol. The minimum absolute atomic E-state index is 0.0838. The predicted octanol–water partition coefficient (Wildman–Crippen LogP) is 2.45. The Morgan fingerprint density at radius 3 is 2.53 bits per heavy atom. The summed E-state index contributed by atoms with van der Waals surface area (Å²) in [5, 5.41) is 9.07. The molecule has 0 radical (unpaired) electrons. The summed E-state index contributed by atoms with van der Waals surface area (Å²) in [6.07, 6.45) is 0. The first kappa shape index (κ1) is 9.80. The number of rotatable bonds is 3. The first-order valence-corrected chi connectivity index (χ1v) is 4.68. The van der Waals surface area contributed by atoms with Gasteiger partial charge >= 0.3 is 0 Å². The summed E-state index contributed by atoms with van der Waals surface area (Å²) in [5.41, 5.74) is 1.63. The minimum atomic E-state index is -0.0838. The van der Waals surface area contributed by atoms with Crippen LogP contribution >= 0.6 is 0 Å². The second kappa shape index (κ2) is 4.19. The van der Waals surface area contributed by atoms with E-state index in [1.807, 2.05) is 30.3 Å². The zero-order valence-electron chi connectivity index (χ0n) is 8.43. The molecular weight excluding hydrogens is 192 g/mol. The fraction of sp³-hybridized carbons (Fsp3) is 0.167. The molecule has 0 spiro atoms. The number of methoxy groups -OCH3 is 1. The minimum Gasteiger partial charge on any atom is -0.468 e. The molecule has 2 rings (SSSR count). The molecule has 0 aliphatic rings. The summed E-state index contributed by atoms with van der Waals surface area (Å²) >= 11 is 0. The van der Waals surface area contributed by atoms with Gasteiger partial charge in [0, 0.05) is 5.56 Å². The van der Waals surface area contributed by atoms with Crippen LogP contribution in [0.15, 0.2) is 40.8 Å². The molecule has 1 heterocycles. The average Bonchev–Trinajstić information content (AvgIpc) is 2.73. The van der Waals surface area contributed by atoms with Crippen LogP contribution in [0.25, 0.3) is 11.3 Å². The number of ether oxygens (including phenoxy) is 1. The van der Waals surface area contributed by atoms with E-state index in [1.165, 1.54) is 7.11 Å². The van der Waals surface area contributed by atoms with Gasteiger partial charge in [-0.25, -0.2) is 0 Å². The largest absolute Gasteiger partial charge is 0.468 e. The molecule has 0 aliphatic heterocycles. The maximum atomic E-state index is 9.07. The molecule has 1 aromatic carbocycles. The molecule has 15 heavy (non-hydrogen) atoms. The van der Waals surface area contributed by atoms with Crippen LogP contribution in [0.5, 0.6) is 5.95 Å². The van der Waals surface area contributed by atoms with Gasteiger partial charge in [0.25, 0.3) is 5.95 Å². The van der Waals surface area contributed by atoms with Crippen molar-refractivity contribution in [1.29, 1.82) is 0 Å². The summed E-state index contributed by atoms with van der Waals surface area (Å²) < 4.78 is 10.5. The second-order valence-electron chi connectivity index (χ2n) is 3.15. The lowest BCUT2D eigenvalue weighted by Gasteiger charge is -1.96. The van der Waals surface area contributed by atoms with E-state index in [1.54, 1.807) is 6.07 Å². The molecule has 1 aromatic heterocycles. The highest BCUT2D eigenvalue weighted by Gasteiger charge is 2.11. The summed E-state index contributed by atoms with van der Waals surface area (Å²) in [6, 6.07) is 11.5. The van der Waals surface area contributed by atoms with Gasteiger partial charge in [-0.15, -0.1) is 0 Å². The van der Waals surface area contributed by atoms with Crippen LogP contribution in [-0.4, -0.2) is 12.2 Å². The van der Waals surface area contributed by atoms with Crippen molar-refractivity contribution in [2.24, 2.45) is 0 Å². The number of furan rings is 1. The Balaban J connectivity index is 2.42. The highest BCUT2D eigenvalue weighted by molar-refractivity contribution is 5.59. The number of aliphatic hydroxyl groups is 1. The first-order chi connectivity index (χ1) is 7.35. The smallest absolute Gasteiger partial charge is 0.290 e. The highest BCUT2D eigenvalue weighted by atomic mass is 16.6. The van der Waals surface area contributed by atoms with Gasteiger partial charge < -0.3 is 14.3 Å². The molecule has 0 aliphatic carbocycles. The third kappa shape index (κ3) is 1.87. The molecular formula is C12H12O3. The molecule has 0 saturated carbocycles. The third-order valence-corrected chi connectivity index (χ3v) is 2.18. The van der Waals surface area contributed by atoms with Crippen molar-refractivity contribution in [1.82, 2.24) is 0 Å². The van der Waals surface area contributed by atoms with Crippen molar-refractivity contribution < 1.29 is 14.3 Å². The van der Waals surface area contributed by atoms with E-state index in [4.69, 9.17) is 14.3 Å². The molecule has 2 aromatic rings. The van der Waals surface area contributed by atoms with Crippen molar-refractivity contribution in [3.8, 4) is 17.3 Å². The molecule has 3 heteroatoms. The van der Waals surface area contributed by atoms with Crippen LogP contribution in [0.4, 0.5) is 0 Å². The number of hydrogen-bond donors (Lipinski definition) is 1. The van der Waals surface area contributed by atoms with E-state index in [0.717, 1.165) is 5.56 Å². The molecule has 0 unspecified atom stereocenters. The Bertz CT molecular complexity index is 410. The van der Waals surface area contributed by atoms with Crippen LogP contribution in [0.3, 0.4) is 0 Å². The number of hydrogen-bond acceptors (Lipinski definition) is 3. The quantitative estimate of drug-likeness (QED) is 0.835. The van der Waals surface area contributed by atoms with Gasteiger partial charge in [0.15, 0.2) is 0 Å². The van der Waals surface area contributed by atoms with Crippen molar-refractivity contribution >= 4 is 0 Å². The monoisotopic (exact) mass is 204 g/mol. The van der Waals surface area contributed by atoms with E-state index >= 15 is 0 Å². The third-order valence-electron chi connectivity index (χ3n) is 2.18. The summed E-state index contributed by atoms with van der Waals surface area (Å²) in [5.74, 6) is 1.08. The Kier molecular flexibility index (Phi) is 2.74. The topological polar surface area (TPSA) is 42.6 Å². The maximum absolute atomic E-state index is 9.07. The lowest BCUT2D eigenvalue weighted by Crippen LogP contribution is -1.85. The zero-order valence-corrected chi connectivity index (χ0v) is 8.43. The van der Waals surface area contributed by atoms with Crippen molar-refractivity contribution in [3.63, 3.8) is 0 Å². The molecule has 0 fully saturated rings. The van der Waals surface area contributed by atoms with E-state index in [-0.39, 0.29) is 6.61 Å².